The molecule has 0 saturated heterocycles. The first-order valence-corrected chi connectivity index (χ1v) is 5.05. The fourth-order valence-electron chi connectivity index (χ4n) is 1.42. The number of rotatable bonds is 5. The van der Waals surface area contributed by atoms with Crippen LogP contribution < -0.4 is 4.74 Å². The number of nitrogens with zero attached hydrogens (tertiary/aromatic N) is 1. The van der Waals surface area contributed by atoms with E-state index >= 15 is 0 Å². The Bertz CT molecular complexity index is 421. The van der Waals surface area contributed by atoms with Gasteiger partial charge in [-0.2, -0.15) is 5.26 Å². The topological polar surface area (TPSA) is 70.3 Å². The second-order valence-corrected chi connectivity index (χ2v) is 3.22. The second kappa shape index (κ2) is 5.76. The molecule has 0 aromatic heterocycles. The summed E-state index contributed by atoms with van der Waals surface area (Å²) in [6.07, 6.45) is 0.763. The number of ether oxygens (including phenoxy) is 1. The molecule has 16 heavy (non-hydrogen) atoms. The van der Waals surface area contributed by atoms with Gasteiger partial charge in [-0.15, -0.1) is 0 Å². The molecule has 0 unspecified atom stereocenters. The van der Waals surface area contributed by atoms with E-state index in [4.69, 9.17) is 15.1 Å². The highest BCUT2D eigenvalue weighted by Crippen LogP contribution is 2.19. The third-order valence-corrected chi connectivity index (χ3v) is 2.13. The van der Waals surface area contributed by atoms with Gasteiger partial charge < -0.3 is 9.84 Å². The minimum absolute atomic E-state index is 0.209. The first kappa shape index (κ1) is 12.1. The Morgan fingerprint density at radius 3 is 2.88 bits per heavy atom. The minimum Gasteiger partial charge on any atom is -0.494 e. The van der Waals surface area contributed by atoms with E-state index in [2.05, 4.69) is 0 Å². The summed E-state index contributed by atoms with van der Waals surface area (Å²) < 4.78 is 5.23. The van der Waals surface area contributed by atoms with Crippen molar-refractivity contribution in [3.05, 3.63) is 29.3 Å². The standard InChI is InChI=1S/C12H13NO3/c1-2-16-10-6-5-9(4-3-7-13)11(8-10)12(14)15/h5-6,8H,2-4H2,1H3,(H,14,15). The Hall–Kier alpha value is -2.02. The van der Waals surface area contributed by atoms with Crippen molar-refractivity contribution in [1.82, 2.24) is 0 Å². The number of aromatic carboxylic acids is 1. The zero-order valence-electron chi connectivity index (χ0n) is 9.06. The molecular formula is C12H13NO3. The number of carbonyl (C=O) groups is 1. The zero-order chi connectivity index (χ0) is 12.0. The first-order chi connectivity index (χ1) is 7.69. The van der Waals surface area contributed by atoms with Gasteiger partial charge in [0.05, 0.1) is 18.2 Å². The summed E-state index contributed by atoms with van der Waals surface area (Å²) in [6, 6.07) is 6.92. The van der Waals surface area contributed by atoms with Crippen molar-refractivity contribution in [2.24, 2.45) is 0 Å². The number of nitriles is 1. The highest BCUT2D eigenvalue weighted by Gasteiger charge is 2.11. The first-order valence-electron chi connectivity index (χ1n) is 5.05. The van der Waals surface area contributed by atoms with E-state index in [-0.39, 0.29) is 5.56 Å². The van der Waals surface area contributed by atoms with Gasteiger partial charge >= 0.3 is 5.97 Å². The van der Waals surface area contributed by atoms with Crippen molar-refractivity contribution < 1.29 is 14.6 Å². The molecule has 4 nitrogen and oxygen atoms in total. The average Bonchev–Trinajstić information content (AvgIpc) is 2.27. The fourth-order valence-corrected chi connectivity index (χ4v) is 1.42. The van der Waals surface area contributed by atoms with Gasteiger partial charge in [0.1, 0.15) is 5.75 Å². The van der Waals surface area contributed by atoms with Gasteiger partial charge in [-0.1, -0.05) is 6.07 Å². The molecule has 1 N–H and O–H groups in total. The van der Waals surface area contributed by atoms with Crippen LogP contribution >= 0.6 is 0 Å². The molecular weight excluding hydrogens is 206 g/mol. The molecule has 0 heterocycles. The maximum Gasteiger partial charge on any atom is 0.336 e. The Morgan fingerprint density at radius 1 is 1.56 bits per heavy atom. The summed E-state index contributed by atoms with van der Waals surface area (Å²) in [4.78, 5) is 11.0. The quantitative estimate of drug-likeness (QED) is 0.824. The normalized spacial score (nSPS) is 9.50. The van der Waals surface area contributed by atoms with Crippen molar-refractivity contribution in [3.63, 3.8) is 0 Å². The predicted molar refractivity (Wildman–Crippen MR) is 58.5 cm³/mol. The molecule has 0 aliphatic heterocycles. The fraction of sp³-hybridized carbons (Fsp3) is 0.333. The maximum absolute atomic E-state index is 11.0. The lowest BCUT2D eigenvalue weighted by atomic mass is 10.0. The van der Waals surface area contributed by atoms with Crippen LogP contribution in [-0.4, -0.2) is 17.7 Å². The molecule has 0 saturated carbocycles. The highest BCUT2D eigenvalue weighted by molar-refractivity contribution is 5.89. The van der Waals surface area contributed by atoms with E-state index in [0.717, 1.165) is 0 Å². The van der Waals surface area contributed by atoms with Crippen molar-refractivity contribution in [2.45, 2.75) is 19.8 Å². The predicted octanol–water partition coefficient (Wildman–Crippen LogP) is 2.24. The molecule has 0 amide bonds. The van der Waals surface area contributed by atoms with E-state index < -0.39 is 5.97 Å². The van der Waals surface area contributed by atoms with Crippen LogP contribution in [0, 0.1) is 11.3 Å². The number of hydrogen-bond acceptors (Lipinski definition) is 3. The smallest absolute Gasteiger partial charge is 0.336 e. The van der Waals surface area contributed by atoms with Crippen LogP contribution in [0.2, 0.25) is 0 Å². The Balaban J connectivity index is 3.00. The number of carboxylic acid groups (broad SMARTS) is 1. The molecule has 84 valence electrons. The maximum atomic E-state index is 11.0. The molecule has 1 aromatic rings. The summed E-state index contributed by atoms with van der Waals surface area (Å²) in [5.74, 6) is -0.449. The van der Waals surface area contributed by atoms with Gasteiger partial charge in [0.2, 0.25) is 0 Å². The van der Waals surface area contributed by atoms with Crippen LogP contribution in [0.4, 0.5) is 0 Å². The van der Waals surface area contributed by atoms with Gasteiger partial charge in [-0.3, -0.25) is 0 Å². The molecule has 0 atom stereocenters. The monoisotopic (exact) mass is 219 g/mol. The summed E-state index contributed by atoms with van der Waals surface area (Å²) in [5, 5.41) is 17.5. The summed E-state index contributed by atoms with van der Waals surface area (Å²) >= 11 is 0. The van der Waals surface area contributed by atoms with E-state index in [1.54, 1.807) is 12.1 Å². The van der Waals surface area contributed by atoms with Crippen LogP contribution in [0.15, 0.2) is 18.2 Å². The summed E-state index contributed by atoms with van der Waals surface area (Å²) in [7, 11) is 0. The third kappa shape index (κ3) is 2.99. The molecule has 0 bridgehead atoms. The van der Waals surface area contributed by atoms with Crippen molar-refractivity contribution >= 4 is 5.97 Å². The summed E-state index contributed by atoms with van der Waals surface area (Å²) in [6.45, 7) is 2.33. The number of benzene rings is 1. The third-order valence-electron chi connectivity index (χ3n) is 2.13. The molecule has 1 rings (SSSR count). The van der Waals surface area contributed by atoms with Gasteiger partial charge in [0.25, 0.3) is 0 Å². The molecule has 1 aromatic carbocycles. The van der Waals surface area contributed by atoms with Crippen molar-refractivity contribution in [2.75, 3.05) is 6.61 Å². The van der Waals surface area contributed by atoms with Gasteiger partial charge in [-0.25, -0.2) is 4.79 Å². The Morgan fingerprint density at radius 2 is 2.31 bits per heavy atom. The van der Waals surface area contributed by atoms with Gasteiger partial charge in [0, 0.05) is 6.42 Å². The van der Waals surface area contributed by atoms with E-state index in [0.29, 0.717) is 30.8 Å². The Labute approximate surface area is 94.1 Å². The Kier molecular flexibility index (Phi) is 4.34. The van der Waals surface area contributed by atoms with Crippen molar-refractivity contribution in [3.8, 4) is 11.8 Å². The lowest BCUT2D eigenvalue weighted by Gasteiger charge is -2.08. The van der Waals surface area contributed by atoms with Crippen molar-refractivity contribution in [1.29, 1.82) is 5.26 Å². The van der Waals surface area contributed by atoms with Gasteiger partial charge in [-0.05, 0) is 31.0 Å². The largest absolute Gasteiger partial charge is 0.494 e. The number of aryl methyl sites for hydroxylation is 1. The van der Waals surface area contributed by atoms with Crippen LogP contribution in [0.5, 0.6) is 5.75 Å². The summed E-state index contributed by atoms with van der Waals surface area (Å²) in [5.41, 5.74) is 0.874. The van der Waals surface area contributed by atoms with E-state index in [1.165, 1.54) is 6.07 Å². The highest BCUT2D eigenvalue weighted by atomic mass is 16.5. The second-order valence-electron chi connectivity index (χ2n) is 3.22. The lowest BCUT2D eigenvalue weighted by molar-refractivity contribution is 0.0695. The van der Waals surface area contributed by atoms with Crippen LogP contribution in [-0.2, 0) is 6.42 Å². The molecule has 0 spiro atoms. The van der Waals surface area contributed by atoms with Gasteiger partial charge in [0.15, 0.2) is 0 Å². The average molecular weight is 219 g/mol. The van der Waals surface area contributed by atoms with E-state index in [1.807, 2.05) is 13.0 Å². The molecule has 0 fully saturated rings. The van der Waals surface area contributed by atoms with Crippen LogP contribution in [0.1, 0.15) is 29.3 Å². The van der Waals surface area contributed by atoms with Crippen LogP contribution in [0.3, 0.4) is 0 Å². The molecule has 0 radical (unpaired) electrons. The zero-order valence-corrected chi connectivity index (χ0v) is 9.06. The number of carboxylic acids is 1. The molecule has 0 aliphatic rings. The molecule has 0 aliphatic carbocycles. The lowest BCUT2D eigenvalue weighted by Crippen LogP contribution is -2.03. The van der Waals surface area contributed by atoms with Crippen LogP contribution in [0.25, 0.3) is 0 Å². The SMILES string of the molecule is CCOc1ccc(CCC#N)c(C(=O)O)c1. The van der Waals surface area contributed by atoms with E-state index in [9.17, 15) is 4.79 Å². The molecule has 4 heteroatoms. The number of hydrogen-bond donors (Lipinski definition) is 1. The minimum atomic E-state index is -0.991.